The van der Waals surface area contributed by atoms with Gasteiger partial charge in [-0.15, -0.1) is 0 Å². The molecule has 29 heavy (non-hydrogen) atoms. The Balaban J connectivity index is 1.27. The quantitative estimate of drug-likeness (QED) is 0.613. The summed E-state index contributed by atoms with van der Waals surface area (Å²) >= 11 is 0. The summed E-state index contributed by atoms with van der Waals surface area (Å²) in [4.78, 5) is 18.5. The predicted molar refractivity (Wildman–Crippen MR) is 107 cm³/mol. The summed E-state index contributed by atoms with van der Waals surface area (Å²) in [6.45, 7) is 3.24. The zero-order valence-electron chi connectivity index (χ0n) is 16.3. The molecule has 1 saturated heterocycles. The molecule has 7 nitrogen and oxygen atoms in total. The van der Waals surface area contributed by atoms with Gasteiger partial charge in [0.25, 0.3) is 5.91 Å². The summed E-state index contributed by atoms with van der Waals surface area (Å²) in [7, 11) is 0. The van der Waals surface area contributed by atoms with E-state index in [0.29, 0.717) is 37.0 Å². The average molecular weight is 393 g/mol. The SMILES string of the molecule is CCc1nc(-c2ccc(OC3CCN(C(=O)COc4ccccc4)C3)cc2)no1. The van der Waals surface area contributed by atoms with Crippen LogP contribution in [0, 0.1) is 0 Å². The molecule has 0 saturated carbocycles. The van der Waals surface area contributed by atoms with Crippen molar-refractivity contribution in [3.63, 3.8) is 0 Å². The molecule has 0 N–H and O–H groups in total. The molecule has 3 aromatic rings. The number of nitrogens with zero attached hydrogens (tertiary/aromatic N) is 3. The number of likely N-dealkylation sites (tertiary alicyclic amines) is 1. The molecule has 0 bridgehead atoms. The zero-order valence-corrected chi connectivity index (χ0v) is 16.3. The summed E-state index contributed by atoms with van der Waals surface area (Å²) in [6, 6.07) is 16.9. The van der Waals surface area contributed by atoms with Gasteiger partial charge in [-0.2, -0.15) is 4.98 Å². The van der Waals surface area contributed by atoms with E-state index in [2.05, 4.69) is 10.1 Å². The fraction of sp³-hybridized carbons (Fsp3) is 0.318. The molecule has 0 aliphatic carbocycles. The molecule has 0 spiro atoms. The van der Waals surface area contributed by atoms with E-state index in [9.17, 15) is 4.79 Å². The van der Waals surface area contributed by atoms with E-state index in [1.807, 2.05) is 61.5 Å². The van der Waals surface area contributed by atoms with Gasteiger partial charge in [0.1, 0.15) is 17.6 Å². The molecule has 1 unspecified atom stereocenters. The fourth-order valence-electron chi connectivity index (χ4n) is 3.19. The maximum absolute atomic E-state index is 12.4. The van der Waals surface area contributed by atoms with Crippen LogP contribution in [-0.4, -0.2) is 46.7 Å². The average Bonchev–Trinajstić information content (AvgIpc) is 3.43. The van der Waals surface area contributed by atoms with Crippen LogP contribution in [0.15, 0.2) is 59.1 Å². The van der Waals surface area contributed by atoms with E-state index < -0.39 is 0 Å². The first-order valence-electron chi connectivity index (χ1n) is 9.76. The van der Waals surface area contributed by atoms with Gasteiger partial charge in [-0.05, 0) is 36.4 Å². The van der Waals surface area contributed by atoms with Crippen LogP contribution in [0.2, 0.25) is 0 Å². The van der Waals surface area contributed by atoms with Crippen molar-refractivity contribution in [1.29, 1.82) is 0 Å². The van der Waals surface area contributed by atoms with Crippen LogP contribution in [-0.2, 0) is 11.2 Å². The minimum absolute atomic E-state index is 0.0286. The summed E-state index contributed by atoms with van der Waals surface area (Å²) in [6.07, 6.45) is 1.48. The second kappa shape index (κ2) is 8.77. The molecule has 0 radical (unpaired) electrons. The number of amides is 1. The van der Waals surface area contributed by atoms with Crippen LogP contribution in [0.25, 0.3) is 11.4 Å². The monoisotopic (exact) mass is 393 g/mol. The van der Waals surface area contributed by atoms with Crippen LogP contribution < -0.4 is 9.47 Å². The number of carbonyl (C=O) groups is 1. The molecule has 1 aliphatic rings. The van der Waals surface area contributed by atoms with E-state index in [-0.39, 0.29) is 18.6 Å². The smallest absolute Gasteiger partial charge is 0.260 e. The first-order chi connectivity index (χ1) is 14.2. The fourth-order valence-corrected chi connectivity index (χ4v) is 3.19. The van der Waals surface area contributed by atoms with Gasteiger partial charge in [-0.1, -0.05) is 30.3 Å². The van der Waals surface area contributed by atoms with Gasteiger partial charge in [0.05, 0.1) is 6.54 Å². The third kappa shape index (κ3) is 4.74. The first-order valence-corrected chi connectivity index (χ1v) is 9.76. The van der Waals surface area contributed by atoms with Crippen molar-refractivity contribution in [3.8, 4) is 22.9 Å². The van der Waals surface area contributed by atoms with Crippen LogP contribution >= 0.6 is 0 Å². The Morgan fingerprint density at radius 3 is 2.66 bits per heavy atom. The lowest BCUT2D eigenvalue weighted by Crippen LogP contribution is -2.34. The Kier molecular flexibility index (Phi) is 5.74. The molecule has 1 fully saturated rings. The topological polar surface area (TPSA) is 77.7 Å². The highest BCUT2D eigenvalue weighted by atomic mass is 16.5. The second-order valence-electron chi connectivity index (χ2n) is 6.86. The molecule has 150 valence electrons. The van der Waals surface area contributed by atoms with Crippen molar-refractivity contribution >= 4 is 5.91 Å². The number of hydrogen-bond acceptors (Lipinski definition) is 6. The Morgan fingerprint density at radius 2 is 1.93 bits per heavy atom. The van der Waals surface area contributed by atoms with Crippen molar-refractivity contribution in [2.75, 3.05) is 19.7 Å². The molecule has 1 aliphatic heterocycles. The van der Waals surface area contributed by atoms with E-state index in [4.69, 9.17) is 14.0 Å². The number of rotatable bonds is 7. The van der Waals surface area contributed by atoms with Crippen molar-refractivity contribution in [2.45, 2.75) is 25.9 Å². The van der Waals surface area contributed by atoms with Gasteiger partial charge >= 0.3 is 0 Å². The molecule has 1 atom stereocenters. The summed E-state index contributed by atoms with van der Waals surface area (Å²) < 4.78 is 16.7. The maximum atomic E-state index is 12.4. The molecule has 7 heteroatoms. The molecular weight excluding hydrogens is 370 g/mol. The van der Waals surface area contributed by atoms with Crippen molar-refractivity contribution in [2.24, 2.45) is 0 Å². The Labute approximate surface area is 169 Å². The number of aryl methyl sites for hydroxylation is 1. The number of benzene rings is 2. The zero-order chi connectivity index (χ0) is 20.1. The number of hydrogen-bond donors (Lipinski definition) is 0. The molecule has 2 heterocycles. The first kappa shape index (κ1) is 19.0. The third-order valence-electron chi connectivity index (χ3n) is 4.79. The van der Waals surface area contributed by atoms with E-state index >= 15 is 0 Å². The summed E-state index contributed by atoms with van der Waals surface area (Å²) in [5.41, 5.74) is 0.877. The van der Waals surface area contributed by atoms with Crippen LogP contribution in [0.1, 0.15) is 19.2 Å². The maximum Gasteiger partial charge on any atom is 0.260 e. The van der Waals surface area contributed by atoms with Gasteiger partial charge in [-0.25, -0.2) is 0 Å². The predicted octanol–water partition coefficient (Wildman–Crippen LogP) is 3.36. The van der Waals surface area contributed by atoms with Crippen LogP contribution in [0.3, 0.4) is 0 Å². The lowest BCUT2D eigenvalue weighted by molar-refractivity contribution is -0.132. The van der Waals surface area contributed by atoms with Crippen molar-refractivity contribution in [3.05, 3.63) is 60.5 Å². The number of ether oxygens (including phenoxy) is 2. The van der Waals surface area contributed by atoms with E-state index in [1.165, 1.54) is 0 Å². The minimum Gasteiger partial charge on any atom is -0.489 e. The van der Waals surface area contributed by atoms with Gasteiger partial charge in [0, 0.05) is 24.9 Å². The van der Waals surface area contributed by atoms with Gasteiger partial charge in [0.2, 0.25) is 11.7 Å². The Hall–Kier alpha value is -3.35. The molecule has 1 aromatic heterocycles. The van der Waals surface area contributed by atoms with Crippen LogP contribution in [0.4, 0.5) is 0 Å². The highest BCUT2D eigenvalue weighted by molar-refractivity contribution is 5.78. The normalized spacial score (nSPS) is 16.0. The second-order valence-corrected chi connectivity index (χ2v) is 6.86. The summed E-state index contributed by atoms with van der Waals surface area (Å²) in [5.74, 6) is 2.62. The highest BCUT2D eigenvalue weighted by Gasteiger charge is 2.27. The standard InChI is InChI=1S/C22H23N3O4/c1-2-20-23-22(24-29-20)16-8-10-18(11-9-16)28-19-12-13-25(14-19)21(26)15-27-17-6-4-3-5-7-17/h3-11,19H,2,12-15H2,1H3. The number of aromatic nitrogens is 2. The van der Waals surface area contributed by atoms with Crippen molar-refractivity contribution < 1.29 is 18.8 Å². The Bertz CT molecular complexity index is 940. The third-order valence-corrected chi connectivity index (χ3v) is 4.79. The largest absolute Gasteiger partial charge is 0.489 e. The molecular formula is C22H23N3O4. The van der Waals surface area contributed by atoms with Crippen LogP contribution in [0.5, 0.6) is 11.5 Å². The van der Waals surface area contributed by atoms with Crippen molar-refractivity contribution in [1.82, 2.24) is 15.0 Å². The van der Waals surface area contributed by atoms with E-state index in [1.54, 1.807) is 4.90 Å². The molecule has 2 aromatic carbocycles. The highest BCUT2D eigenvalue weighted by Crippen LogP contribution is 2.23. The summed E-state index contributed by atoms with van der Waals surface area (Å²) in [5, 5.41) is 3.98. The number of carbonyl (C=O) groups excluding carboxylic acids is 1. The lowest BCUT2D eigenvalue weighted by atomic mass is 10.2. The molecule has 4 rings (SSSR count). The minimum atomic E-state index is -0.0293. The van der Waals surface area contributed by atoms with Gasteiger partial charge in [0.15, 0.2) is 6.61 Å². The lowest BCUT2D eigenvalue weighted by Gasteiger charge is -2.17. The Morgan fingerprint density at radius 1 is 1.14 bits per heavy atom. The molecule has 1 amide bonds. The van der Waals surface area contributed by atoms with Gasteiger partial charge < -0.3 is 18.9 Å². The van der Waals surface area contributed by atoms with Gasteiger partial charge in [-0.3, -0.25) is 4.79 Å². The number of para-hydroxylation sites is 1. The van der Waals surface area contributed by atoms with E-state index in [0.717, 1.165) is 17.7 Å².